The Balaban J connectivity index is 1.77. The summed E-state index contributed by atoms with van der Waals surface area (Å²) in [7, 11) is 0. The van der Waals surface area contributed by atoms with E-state index in [1.807, 2.05) is 44.2 Å². The SMILES string of the molecule is CC1CN(C(=O)CNC(=O)Cc2ccccc2)CC(C)O1. The fourth-order valence-electron chi connectivity index (χ4n) is 2.51. The Morgan fingerprint density at radius 2 is 1.81 bits per heavy atom. The summed E-state index contributed by atoms with van der Waals surface area (Å²) in [5, 5.41) is 2.69. The van der Waals surface area contributed by atoms with Crippen LogP contribution in [0.4, 0.5) is 0 Å². The standard InChI is InChI=1S/C16H22N2O3/c1-12-10-18(11-13(2)21-12)16(20)9-17-15(19)8-14-6-4-3-5-7-14/h3-7,12-13H,8-11H2,1-2H3,(H,17,19). The number of hydrogen-bond donors (Lipinski definition) is 1. The van der Waals surface area contributed by atoms with Crippen molar-refractivity contribution in [1.82, 2.24) is 10.2 Å². The van der Waals surface area contributed by atoms with E-state index in [9.17, 15) is 9.59 Å². The molecule has 0 bridgehead atoms. The largest absolute Gasteiger partial charge is 0.372 e. The van der Waals surface area contributed by atoms with Gasteiger partial charge in [0.15, 0.2) is 0 Å². The van der Waals surface area contributed by atoms with Crippen LogP contribution in [0.5, 0.6) is 0 Å². The molecule has 1 aromatic rings. The second-order valence-corrected chi connectivity index (χ2v) is 5.50. The third-order valence-electron chi connectivity index (χ3n) is 3.42. The summed E-state index contributed by atoms with van der Waals surface area (Å²) in [5.74, 6) is -0.192. The molecule has 2 atom stereocenters. The maximum absolute atomic E-state index is 12.1. The molecule has 2 rings (SSSR count). The highest BCUT2D eigenvalue weighted by Crippen LogP contribution is 2.10. The molecule has 114 valence electrons. The Labute approximate surface area is 125 Å². The number of carbonyl (C=O) groups excluding carboxylic acids is 2. The molecule has 0 radical (unpaired) electrons. The average Bonchev–Trinajstić information content (AvgIpc) is 2.45. The van der Waals surface area contributed by atoms with Crippen molar-refractivity contribution >= 4 is 11.8 Å². The molecule has 1 aliphatic rings. The van der Waals surface area contributed by atoms with E-state index < -0.39 is 0 Å². The quantitative estimate of drug-likeness (QED) is 0.899. The van der Waals surface area contributed by atoms with E-state index in [2.05, 4.69) is 5.32 Å². The average molecular weight is 290 g/mol. The highest BCUT2D eigenvalue weighted by molar-refractivity contribution is 5.85. The van der Waals surface area contributed by atoms with Crippen LogP contribution in [0.3, 0.4) is 0 Å². The van der Waals surface area contributed by atoms with Crippen molar-refractivity contribution < 1.29 is 14.3 Å². The van der Waals surface area contributed by atoms with Gasteiger partial charge >= 0.3 is 0 Å². The number of carbonyl (C=O) groups is 2. The van der Waals surface area contributed by atoms with E-state index in [4.69, 9.17) is 4.74 Å². The lowest BCUT2D eigenvalue weighted by Crippen LogP contribution is -2.51. The van der Waals surface area contributed by atoms with Gasteiger partial charge in [0, 0.05) is 13.1 Å². The molecule has 0 saturated carbocycles. The molecule has 1 N–H and O–H groups in total. The maximum atomic E-state index is 12.1. The molecular formula is C16H22N2O3. The molecule has 0 aliphatic carbocycles. The van der Waals surface area contributed by atoms with E-state index in [-0.39, 0.29) is 30.6 Å². The van der Waals surface area contributed by atoms with E-state index in [1.165, 1.54) is 0 Å². The summed E-state index contributed by atoms with van der Waals surface area (Å²) in [6.45, 7) is 5.11. The van der Waals surface area contributed by atoms with Gasteiger partial charge in [-0.15, -0.1) is 0 Å². The monoisotopic (exact) mass is 290 g/mol. The minimum Gasteiger partial charge on any atom is -0.372 e. The number of ether oxygens (including phenoxy) is 1. The first-order valence-corrected chi connectivity index (χ1v) is 7.28. The van der Waals surface area contributed by atoms with Gasteiger partial charge in [0.25, 0.3) is 0 Å². The number of nitrogens with one attached hydrogen (secondary N) is 1. The van der Waals surface area contributed by atoms with Crippen LogP contribution < -0.4 is 5.32 Å². The Bertz CT molecular complexity index is 480. The van der Waals surface area contributed by atoms with Gasteiger partial charge in [0.05, 0.1) is 25.2 Å². The smallest absolute Gasteiger partial charge is 0.242 e. The molecule has 0 spiro atoms. The molecular weight excluding hydrogens is 268 g/mol. The Kier molecular flexibility index (Phi) is 5.33. The zero-order chi connectivity index (χ0) is 15.2. The van der Waals surface area contributed by atoms with Crippen molar-refractivity contribution in [3.63, 3.8) is 0 Å². The van der Waals surface area contributed by atoms with Crippen molar-refractivity contribution in [3.8, 4) is 0 Å². The molecule has 1 fully saturated rings. The molecule has 1 saturated heterocycles. The Hall–Kier alpha value is -1.88. The van der Waals surface area contributed by atoms with Crippen LogP contribution in [0.15, 0.2) is 30.3 Å². The maximum Gasteiger partial charge on any atom is 0.242 e. The first-order chi connectivity index (χ1) is 10.0. The second-order valence-electron chi connectivity index (χ2n) is 5.50. The zero-order valence-electron chi connectivity index (χ0n) is 12.5. The van der Waals surface area contributed by atoms with Crippen LogP contribution in [0.1, 0.15) is 19.4 Å². The third kappa shape index (κ3) is 4.86. The van der Waals surface area contributed by atoms with Gasteiger partial charge < -0.3 is 15.0 Å². The van der Waals surface area contributed by atoms with Crippen molar-refractivity contribution in [2.45, 2.75) is 32.5 Å². The predicted molar refractivity (Wildman–Crippen MR) is 79.7 cm³/mol. The van der Waals surface area contributed by atoms with Crippen LogP contribution in [0.2, 0.25) is 0 Å². The first-order valence-electron chi connectivity index (χ1n) is 7.28. The number of nitrogens with zero attached hydrogens (tertiary/aromatic N) is 1. The van der Waals surface area contributed by atoms with Gasteiger partial charge in [-0.3, -0.25) is 9.59 Å². The molecule has 0 aromatic heterocycles. The lowest BCUT2D eigenvalue weighted by molar-refractivity contribution is -0.143. The minimum atomic E-state index is -0.135. The first kappa shape index (κ1) is 15.5. The Morgan fingerprint density at radius 1 is 1.19 bits per heavy atom. The summed E-state index contributed by atoms with van der Waals surface area (Å²) in [6, 6.07) is 9.49. The minimum absolute atomic E-state index is 0.0396. The van der Waals surface area contributed by atoms with Gasteiger partial charge in [-0.2, -0.15) is 0 Å². The van der Waals surface area contributed by atoms with Crippen LogP contribution in [0.25, 0.3) is 0 Å². The van der Waals surface area contributed by atoms with Crippen LogP contribution in [-0.4, -0.2) is 48.6 Å². The van der Waals surface area contributed by atoms with Crippen LogP contribution in [-0.2, 0) is 20.7 Å². The third-order valence-corrected chi connectivity index (χ3v) is 3.42. The fraction of sp³-hybridized carbons (Fsp3) is 0.500. The lowest BCUT2D eigenvalue weighted by atomic mass is 10.1. The van der Waals surface area contributed by atoms with E-state index in [0.717, 1.165) is 5.56 Å². The molecule has 2 amide bonds. The summed E-state index contributed by atoms with van der Waals surface area (Å²) < 4.78 is 5.59. The summed E-state index contributed by atoms with van der Waals surface area (Å²) in [5.41, 5.74) is 0.941. The summed E-state index contributed by atoms with van der Waals surface area (Å²) >= 11 is 0. The lowest BCUT2D eigenvalue weighted by Gasteiger charge is -2.35. The van der Waals surface area contributed by atoms with Gasteiger partial charge in [0.2, 0.25) is 11.8 Å². The predicted octanol–water partition coefficient (Wildman–Crippen LogP) is 0.981. The van der Waals surface area contributed by atoms with E-state index >= 15 is 0 Å². The highest BCUT2D eigenvalue weighted by atomic mass is 16.5. The second kappa shape index (κ2) is 7.22. The van der Waals surface area contributed by atoms with Crippen molar-refractivity contribution in [3.05, 3.63) is 35.9 Å². The topological polar surface area (TPSA) is 58.6 Å². The van der Waals surface area contributed by atoms with E-state index in [1.54, 1.807) is 4.90 Å². The molecule has 1 aromatic carbocycles. The zero-order valence-corrected chi connectivity index (χ0v) is 12.5. The summed E-state index contributed by atoms with van der Waals surface area (Å²) in [4.78, 5) is 25.7. The molecule has 1 aliphatic heterocycles. The van der Waals surface area contributed by atoms with Crippen molar-refractivity contribution in [2.24, 2.45) is 0 Å². The van der Waals surface area contributed by atoms with Crippen molar-refractivity contribution in [1.29, 1.82) is 0 Å². The Morgan fingerprint density at radius 3 is 2.43 bits per heavy atom. The normalized spacial score (nSPS) is 21.9. The number of rotatable bonds is 4. The number of morpholine rings is 1. The van der Waals surface area contributed by atoms with Crippen LogP contribution >= 0.6 is 0 Å². The summed E-state index contributed by atoms with van der Waals surface area (Å²) in [6.07, 6.45) is 0.375. The van der Waals surface area contributed by atoms with Crippen molar-refractivity contribution in [2.75, 3.05) is 19.6 Å². The fourth-order valence-corrected chi connectivity index (χ4v) is 2.51. The van der Waals surface area contributed by atoms with Gasteiger partial charge in [-0.25, -0.2) is 0 Å². The molecule has 5 heteroatoms. The number of amides is 2. The molecule has 21 heavy (non-hydrogen) atoms. The number of benzene rings is 1. The molecule has 5 nitrogen and oxygen atoms in total. The van der Waals surface area contributed by atoms with Gasteiger partial charge in [0.1, 0.15) is 0 Å². The van der Waals surface area contributed by atoms with Crippen LogP contribution in [0, 0.1) is 0 Å². The molecule has 2 unspecified atom stereocenters. The number of hydrogen-bond acceptors (Lipinski definition) is 3. The van der Waals surface area contributed by atoms with E-state index in [0.29, 0.717) is 19.5 Å². The van der Waals surface area contributed by atoms with Gasteiger partial charge in [-0.1, -0.05) is 30.3 Å². The molecule has 1 heterocycles. The van der Waals surface area contributed by atoms with Gasteiger partial charge in [-0.05, 0) is 19.4 Å². The highest BCUT2D eigenvalue weighted by Gasteiger charge is 2.25.